The zero-order valence-electron chi connectivity index (χ0n) is 26.1. The molecule has 0 unspecified atom stereocenters. The van der Waals surface area contributed by atoms with Gasteiger partial charge in [-0.15, -0.1) is 0 Å². The van der Waals surface area contributed by atoms with Crippen molar-refractivity contribution >= 4 is 23.0 Å². The van der Waals surface area contributed by atoms with Crippen LogP contribution in [0.3, 0.4) is 0 Å². The number of aryl methyl sites for hydroxylation is 1. The van der Waals surface area contributed by atoms with E-state index in [0.717, 1.165) is 77.2 Å². The highest BCUT2D eigenvalue weighted by atomic mass is 16.5. The van der Waals surface area contributed by atoms with Gasteiger partial charge >= 0.3 is 17.7 Å². The van der Waals surface area contributed by atoms with E-state index in [4.69, 9.17) is 14.2 Å². The first-order chi connectivity index (χ1) is 20.9. The Morgan fingerprint density at radius 3 is 2.63 bits per heavy atom. The van der Waals surface area contributed by atoms with E-state index in [1.54, 1.807) is 10.6 Å². The monoisotopic (exact) mass is 597 g/mol. The summed E-state index contributed by atoms with van der Waals surface area (Å²) in [5.41, 5.74) is 2.50. The van der Waals surface area contributed by atoms with Crippen LogP contribution in [0.25, 0.3) is 11.2 Å². The number of hydrogen-bond donors (Lipinski definition) is 2. The predicted molar refractivity (Wildman–Crippen MR) is 167 cm³/mol. The molecule has 12 heteroatoms. The average molecular weight is 598 g/mol. The predicted octanol–water partition coefficient (Wildman–Crippen LogP) is 3.52. The molecule has 0 aliphatic carbocycles. The van der Waals surface area contributed by atoms with Gasteiger partial charge < -0.3 is 24.5 Å². The van der Waals surface area contributed by atoms with E-state index in [1.165, 1.54) is 7.11 Å². The van der Waals surface area contributed by atoms with Crippen LogP contribution in [0, 0.1) is 0 Å². The van der Waals surface area contributed by atoms with Crippen LogP contribution in [0.15, 0.2) is 29.1 Å². The summed E-state index contributed by atoms with van der Waals surface area (Å²) in [6.07, 6.45) is 3.66. The number of nitrogens with zero attached hydrogens (tertiary/aromatic N) is 5. The number of morpholine rings is 1. The number of aromatic nitrogens is 4. The summed E-state index contributed by atoms with van der Waals surface area (Å²) >= 11 is 0. The second-order valence-electron chi connectivity index (χ2n) is 11.3. The van der Waals surface area contributed by atoms with Gasteiger partial charge in [0.25, 0.3) is 0 Å². The zero-order valence-corrected chi connectivity index (χ0v) is 26.1. The summed E-state index contributed by atoms with van der Waals surface area (Å²) in [6.45, 7) is 14.0. The lowest BCUT2D eigenvalue weighted by atomic mass is 10.1. The molecule has 1 aromatic carbocycles. The second kappa shape index (κ2) is 16.4. The Morgan fingerprint density at radius 1 is 1.14 bits per heavy atom. The van der Waals surface area contributed by atoms with Crippen LogP contribution in [0.2, 0.25) is 0 Å². The maximum Gasteiger partial charge on any atom is 0.337 e. The van der Waals surface area contributed by atoms with Gasteiger partial charge in [-0.05, 0) is 63.9 Å². The van der Waals surface area contributed by atoms with Gasteiger partial charge in [0.2, 0.25) is 0 Å². The summed E-state index contributed by atoms with van der Waals surface area (Å²) in [5.74, 6) is 0.225. The van der Waals surface area contributed by atoms with E-state index in [9.17, 15) is 9.59 Å². The van der Waals surface area contributed by atoms with Crippen molar-refractivity contribution in [3.63, 3.8) is 0 Å². The van der Waals surface area contributed by atoms with Crippen LogP contribution in [0.1, 0.15) is 62.4 Å². The van der Waals surface area contributed by atoms with Crippen molar-refractivity contribution in [3.8, 4) is 6.01 Å². The van der Waals surface area contributed by atoms with Gasteiger partial charge in [0.05, 0.1) is 32.5 Å². The number of unbranched alkanes of at least 4 members (excludes halogenated alkanes) is 1. The van der Waals surface area contributed by atoms with Crippen molar-refractivity contribution in [2.24, 2.45) is 0 Å². The highest BCUT2D eigenvalue weighted by Gasteiger charge is 2.18. The Bertz CT molecular complexity index is 1370. The maximum atomic E-state index is 13.1. The molecule has 0 radical (unpaired) electrons. The Hall–Kier alpha value is -3.48. The normalized spacial score (nSPS) is 14.1. The zero-order chi connectivity index (χ0) is 30.6. The van der Waals surface area contributed by atoms with E-state index < -0.39 is 0 Å². The molecule has 12 nitrogen and oxygen atoms in total. The minimum atomic E-state index is -0.342. The van der Waals surface area contributed by atoms with Gasteiger partial charge in [-0.3, -0.25) is 14.4 Å². The van der Waals surface area contributed by atoms with Crippen LogP contribution >= 0.6 is 0 Å². The van der Waals surface area contributed by atoms with Crippen molar-refractivity contribution in [2.75, 3.05) is 65.0 Å². The van der Waals surface area contributed by atoms with Gasteiger partial charge in [0.15, 0.2) is 11.5 Å². The number of imidazole rings is 1. The van der Waals surface area contributed by atoms with Crippen LogP contribution in [-0.2, 0) is 22.6 Å². The lowest BCUT2D eigenvalue weighted by Gasteiger charge is -2.28. The number of fused-ring (bicyclic) bond motifs is 1. The number of anilines is 1. The summed E-state index contributed by atoms with van der Waals surface area (Å²) in [6, 6.07) is 7.98. The third-order valence-electron chi connectivity index (χ3n) is 7.42. The fourth-order valence-corrected chi connectivity index (χ4v) is 5.21. The minimum absolute atomic E-state index is 0.122. The number of rotatable bonds is 17. The Kier molecular flexibility index (Phi) is 12.4. The molecule has 0 spiro atoms. The molecule has 2 N–H and O–H groups in total. The molecule has 4 rings (SSSR count). The van der Waals surface area contributed by atoms with Gasteiger partial charge in [-0.2, -0.15) is 9.97 Å². The van der Waals surface area contributed by atoms with E-state index in [2.05, 4.69) is 37.0 Å². The lowest BCUT2D eigenvalue weighted by molar-refractivity contribution is 0.0359. The molecule has 236 valence electrons. The molecule has 3 aromatic rings. The highest BCUT2D eigenvalue weighted by molar-refractivity contribution is 5.89. The standard InChI is InChI=1S/C31H47N7O5/c1-5-6-18-43-30-34-27(32-23(2)3)26-28(35-30)38(31(40)33-26)15-9-14-37(13-8-12-36-16-19-42-20-17-36)22-24-10-7-11-25(21-24)29(39)41-4/h7,10-11,21,23H,5-6,8-9,12-20,22H2,1-4H3,(H,33,40)(H,32,34,35). The second-order valence-corrected chi connectivity index (χ2v) is 11.3. The number of nitrogens with one attached hydrogen (secondary N) is 2. The molecule has 2 aromatic heterocycles. The summed E-state index contributed by atoms with van der Waals surface area (Å²) < 4.78 is 17.9. The number of ether oxygens (including phenoxy) is 3. The SMILES string of the molecule is CCCCOc1nc(NC(C)C)c2[nH]c(=O)n(CCCN(CCCN3CCOCC3)Cc3cccc(C(=O)OC)c3)c2n1. The summed E-state index contributed by atoms with van der Waals surface area (Å²) in [5, 5.41) is 3.32. The fraction of sp³-hybridized carbons (Fsp3) is 0.613. The third-order valence-corrected chi connectivity index (χ3v) is 7.42. The molecule has 43 heavy (non-hydrogen) atoms. The number of hydrogen-bond acceptors (Lipinski definition) is 10. The van der Waals surface area contributed by atoms with Crippen molar-refractivity contribution in [1.29, 1.82) is 0 Å². The molecule has 0 amide bonds. The number of carbonyl (C=O) groups excluding carboxylic acids is 1. The van der Waals surface area contributed by atoms with E-state index in [0.29, 0.717) is 42.2 Å². The van der Waals surface area contributed by atoms with Crippen LogP contribution in [0.4, 0.5) is 5.82 Å². The topological polar surface area (TPSA) is 127 Å². The van der Waals surface area contributed by atoms with Gasteiger partial charge in [-0.1, -0.05) is 25.5 Å². The van der Waals surface area contributed by atoms with Gasteiger partial charge in [-0.25, -0.2) is 9.59 Å². The fourth-order valence-electron chi connectivity index (χ4n) is 5.21. The molecule has 0 saturated carbocycles. The first kappa shape index (κ1) is 32.4. The van der Waals surface area contributed by atoms with Crippen molar-refractivity contribution < 1.29 is 19.0 Å². The number of H-pyrrole nitrogens is 1. The quantitative estimate of drug-likeness (QED) is 0.176. The molecule has 1 saturated heterocycles. The largest absolute Gasteiger partial charge is 0.465 e. The smallest absolute Gasteiger partial charge is 0.337 e. The summed E-state index contributed by atoms with van der Waals surface area (Å²) in [7, 11) is 1.40. The van der Waals surface area contributed by atoms with Gasteiger partial charge in [0, 0.05) is 38.8 Å². The summed E-state index contributed by atoms with van der Waals surface area (Å²) in [4.78, 5) is 42.1. The number of aromatic amines is 1. The number of methoxy groups -OCH3 is 1. The molecule has 0 bridgehead atoms. The highest BCUT2D eigenvalue weighted by Crippen LogP contribution is 2.22. The molecule has 1 aliphatic heterocycles. The van der Waals surface area contributed by atoms with Gasteiger partial charge in [0.1, 0.15) is 5.52 Å². The van der Waals surface area contributed by atoms with Crippen molar-refractivity contribution in [1.82, 2.24) is 29.3 Å². The first-order valence-electron chi connectivity index (χ1n) is 15.5. The molecular formula is C31H47N7O5. The number of carbonyl (C=O) groups is 1. The van der Waals surface area contributed by atoms with Crippen LogP contribution in [0.5, 0.6) is 6.01 Å². The number of esters is 1. The van der Waals surface area contributed by atoms with Crippen LogP contribution < -0.4 is 15.7 Å². The van der Waals surface area contributed by atoms with E-state index >= 15 is 0 Å². The van der Waals surface area contributed by atoms with E-state index in [-0.39, 0.29) is 23.7 Å². The third kappa shape index (κ3) is 9.50. The molecular weight excluding hydrogens is 550 g/mol. The number of benzene rings is 1. The maximum absolute atomic E-state index is 13.1. The molecule has 0 atom stereocenters. The Balaban J connectivity index is 1.48. The van der Waals surface area contributed by atoms with Crippen molar-refractivity contribution in [2.45, 2.75) is 65.6 Å². The van der Waals surface area contributed by atoms with Crippen molar-refractivity contribution in [3.05, 3.63) is 45.9 Å². The van der Waals surface area contributed by atoms with Crippen LogP contribution in [-0.4, -0.2) is 101 Å². The Labute approximate surface area is 253 Å². The molecule has 3 heterocycles. The first-order valence-corrected chi connectivity index (χ1v) is 15.5. The minimum Gasteiger partial charge on any atom is -0.465 e. The van der Waals surface area contributed by atoms with E-state index in [1.807, 2.05) is 32.0 Å². The Morgan fingerprint density at radius 2 is 1.91 bits per heavy atom. The lowest BCUT2D eigenvalue weighted by Crippen LogP contribution is -2.38. The average Bonchev–Trinajstić information content (AvgIpc) is 3.32. The molecule has 1 fully saturated rings. The molecule has 1 aliphatic rings.